The number of nitrogens with zero attached hydrogens (tertiary/aromatic N) is 2. The summed E-state index contributed by atoms with van der Waals surface area (Å²) in [7, 11) is 7.32. The van der Waals surface area contributed by atoms with E-state index in [1.54, 1.807) is 14.2 Å². The van der Waals surface area contributed by atoms with E-state index in [4.69, 9.17) is 21.7 Å². The lowest BCUT2D eigenvalue weighted by Crippen LogP contribution is -2.43. The number of methoxy groups -OCH3 is 2. The van der Waals surface area contributed by atoms with Crippen LogP contribution in [0.25, 0.3) is 10.9 Å². The van der Waals surface area contributed by atoms with Crippen molar-refractivity contribution < 1.29 is 9.47 Å². The van der Waals surface area contributed by atoms with E-state index >= 15 is 0 Å². The number of thiocarbonyl (C=S) groups is 1. The summed E-state index contributed by atoms with van der Waals surface area (Å²) in [5.41, 5.74) is 4.84. The first-order chi connectivity index (χ1) is 16.7. The molecule has 0 unspecified atom stereocenters. The van der Waals surface area contributed by atoms with Gasteiger partial charge in [-0.1, -0.05) is 18.2 Å². The van der Waals surface area contributed by atoms with Crippen molar-refractivity contribution in [2.75, 3.05) is 47.9 Å². The van der Waals surface area contributed by atoms with Crippen molar-refractivity contribution in [1.82, 2.24) is 20.1 Å². The number of rotatable bonds is 10. The summed E-state index contributed by atoms with van der Waals surface area (Å²) in [6.45, 7) is 6.71. The van der Waals surface area contributed by atoms with Gasteiger partial charge in [-0.05, 0) is 81.5 Å². The van der Waals surface area contributed by atoms with E-state index in [9.17, 15) is 4.79 Å². The minimum absolute atomic E-state index is 0.0748. The molecule has 1 heterocycles. The molecule has 0 radical (unpaired) electrons. The smallest absolute Gasteiger partial charge is 0.253 e. The van der Waals surface area contributed by atoms with Gasteiger partial charge < -0.3 is 29.6 Å². The van der Waals surface area contributed by atoms with Crippen molar-refractivity contribution in [2.24, 2.45) is 0 Å². The number of aromatic nitrogens is 1. The predicted molar refractivity (Wildman–Crippen MR) is 147 cm³/mol. The van der Waals surface area contributed by atoms with E-state index < -0.39 is 0 Å². The fourth-order valence-electron chi connectivity index (χ4n) is 3.98. The van der Waals surface area contributed by atoms with Gasteiger partial charge in [0.1, 0.15) is 0 Å². The summed E-state index contributed by atoms with van der Waals surface area (Å²) in [5, 5.41) is 5.07. The molecule has 0 amide bonds. The van der Waals surface area contributed by atoms with Crippen LogP contribution in [0, 0.1) is 13.8 Å². The molecule has 2 aromatic carbocycles. The molecule has 0 aliphatic carbocycles. The van der Waals surface area contributed by atoms with Gasteiger partial charge in [-0.25, -0.2) is 0 Å². The number of likely N-dealkylation sites (N-methyl/N-ethyl adjacent to an activating group) is 1. The highest BCUT2D eigenvalue weighted by Crippen LogP contribution is 2.27. The van der Waals surface area contributed by atoms with Gasteiger partial charge in [0.25, 0.3) is 5.56 Å². The highest BCUT2D eigenvalue weighted by molar-refractivity contribution is 7.80. The van der Waals surface area contributed by atoms with Crippen LogP contribution in [-0.4, -0.2) is 67.8 Å². The molecule has 188 valence electrons. The van der Waals surface area contributed by atoms with Gasteiger partial charge in [-0.15, -0.1) is 0 Å². The Hall–Kier alpha value is -3.10. The number of nitrogens with one attached hydrogen (secondary N) is 2. The summed E-state index contributed by atoms with van der Waals surface area (Å²) in [4.78, 5) is 20.2. The van der Waals surface area contributed by atoms with Crippen molar-refractivity contribution >= 4 is 28.2 Å². The Morgan fingerprint density at radius 3 is 2.40 bits per heavy atom. The Bertz CT molecular complexity index is 1240. The van der Waals surface area contributed by atoms with E-state index in [2.05, 4.69) is 33.1 Å². The number of benzene rings is 2. The summed E-state index contributed by atoms with van der Waals surface area (Å²) < 4.78 is 10.7. The first-order valence-corrected chi connectivity index (χ1v) is 12.1. The number of H-pyrrole nitrogens is 1. The zero-order chi connectivity index (χ0) is 25.5. The summed E-state index contributed by atoms with van der Waals surface area (Å²) >= 11 is 5.76. The lowest BCUT2D eigenvalue weighted by Gasteiger charge is -2.27. The normalized spacial score (nSPS) is 11.1. The third-order valence-corrected chi connectivity index (χ3v) is 6.53. The van der Waals surface area contributed by atoms with Crippen LogP contribution in [0.15, 0.2) is 41.2 Å². The largest absolute Gasteiger partial charge is 0.493 e. The topological polar surface area (TPSA) is 69.8 Å². The molecule has 0 aliphatic rings. The van der Waals surface area contributed by atoms with Gasteiger partial charge in [-0.2, -0.15) is 0 Å². The van der Waals surface area contributed by atoms with Gasteiger partial charge in [0.15, 0.2) is 16.6 Å². The van der Waals surface area contributed by atoms with Crippen LogP contribution in [0.1, 0.15) is 22.3 Å². The van der Waals surface area contributed by atoms with Crippen molar-refractivity contribution in [3.63, 3.8) is 0 Å². The number of hydrogen-bond acceptors (Lipinski definition) is 5. The lowest BCUT2D eigenvalue weighted by molar-refractivity contribution is 0.322. The van der Waals surface area contributed by atoms with Gasteiger partial charge in [0.05, 0.1) is 26.3 Å². The van der Waals surface area contributed by atoms with E-state index in [-0.39, 0.29) is 5.56 Å². The monoisotopic (exact) mass is 496 g/mol. The highest BCUT2D eigenvalue weighted by atomic mass is 32.1. The summed E-state index contributed by atoms with van der Waals surface area (Å²) in [5.74, 6) is 1.42. The maximum Gasteiger partial charge on any atom is 0.253 e. The molecule has 0 bridgehead atoms. The van der Waals surface area contributed by atoms with Crippen LogP contribution >= 0.6 is 12.2 Å². The molecular weight excluding hydrogens is 460 g/mol. The Morgan fingerprint density at radius 2 is 1.71 bits per heavy atom. The fourth-order valence-corrected chi connectivity index (χ4v) is 4.23. The molecular formula is C27H36N4O3S. The minimum Gasteiger partial charge on any atom is -0.493 e. The first-order valence-electron chi connectivity index (χ1n) is 11.7. The Labute approximate surface area is 213 Å². The molecule has 0 spiro atoms. The van der Waals surface area contributed by atoms with Crippen LogP contribution in [0.5, 0.6) is 11.5 Å². The van der Waals surface area contributed by atoms with Crippen LogP contribution in [0.3, 0.4) is 0 Å². The summed E-state index contributed by atoms with van der Waals surface area (Å²) in [6.07, 6.45) is 0.775. The molecule has 8 heteroatoms. The molecule has 1 aromatic heterocycles. The number of pyridine rings is 1. The first kappa shape index (κ1) is 26.5. The Kier molecular flexibility index (Phi) is 9.12. The Morgan fingerprint density at radius 1 is 1.00 bits per heavy atom. The van der Waals surface area contributed by atoms with Gasteiger partial charge in [0.2, 0.25) is 0 Å². The third kappa shape index (κ3) is 6.74. The molecule has 3 rings (SSSR count). The second-order valence-electron chi connectivity index (χ2n) is 9.01. The molecule has 35 heavy (non-hydrogen) atoms. The Balaban J connectivity index is 1.74. The molecule has 7 nitrogen and oxygen atoms in total. The molecule has 3 aromatic rings. The molecule has 0 aliphatic heterocycles. The third-order valence-electron chi connectivity index (χ3n) is 6.12. The number of aryl methyl sites for hydroxylation is 2. The lowest BCUT2D eigenvalue weighted by atomic mass is 10.0. The van der Waals surface area contributed by atoms with Crippen LogP contribution < -0.4 is 20.3 Å². The number of hydrogen-bond donors (Lipinski definition) is 2. The predicted octanol–water partition coefficient (Wildman–Crippen LogP) is 3.64. The average Bonchev–Trinajstić information content (AvgIpc) is 2.84. The average molecular weight is 497 g/mol. The second-order valence-corrected chi connectivity index (χ2v) is 9.39. The van der Waals surface area contributed by atoms with Gasteiger partial charge in [0, 0.05) is 30.6 Å². The maximum absolute atomic E-state index is 12.9. The minimum atomic E-state index is -0.0748. The van der Waals surface area contributed by atoms with E-state index in [1.165, 1.54) is 0 Å². The SMILES string of the molecule is COc1ccc(CCNC(=S)N(CCN(C)C)Cc2cc3c(C)ccc(C)c3[nH]c2=O)cc1OC. The molecule has 2 N–H and O–H groups in total. The van der Waals surface area contributed by atoms with Crippen LogP contribution in [-0.2, 0) is 13.0 Å². The van der Waals surface area contributed by atoms with Crippen molar-refractivity contribution in [2.45, 2.75) is 26.8 Å². The van der Waals surface area contributed by atoms with Crippen molar-refractivity contribution in [1.29, 1.82) is 0 Å². The summed E-state index contributed by atoms with van der Waals surface area (Å²) in [6, 6.07) is 12.0. The van der Waals surface area contributed by atoms with E-state index in [0.717, 1.165) is 40.6 Å². The molecule has 0 fully saturated rings. The van der Waals surface area contributed by atoms with Gasteiger partial charge in [-0.3, -0.25) is 4.79 Å². The van der Waals surface area contributed by atoms with Crippen molar-refractivity contribution in [3.05, 3.63) is 69.0 Å². The quantitative estimate of drug-likeness (QED) is 0.415. The van der Waals surface area contributed by atoms with E-state index in [0.29, 0.717) is 41.8 Å². The van der Waals surface area contributed by atoms with Crippen molar-refractivity contribution in [3.8, 4) is 11.5 Å². The standard InChI is InChI=1S/C27H36N4O3S/c1-18-7-8-19(2)25-22(18)16-21(26(32)29-25)17-31(14-13-30(3)4)27(35)28-12-11-20-9-10-23(33-5)24(15-20)34-6/h7-10,15-16H,11-14,17H2,1-6H3,(H,28,35)(H,29,32). The zero-order valence-electron chi connectivity index (χ0n) is 21.5. The maximum atomic E-state index is 12.9. The van der Waals surface area contributed by atoms with Crippen LogP contribution in [0.4, 0.5) is 0 Å². The molecule has 0 saturated carbocycles. The highest BCUT2D eigenvalue weighted by Gasteiger charge is 2.15. The van der Waals surface area contributed by atoms with E-state index in [1.807, 2.05) is 51.4 Å². The van der Waals surface area contributed by atoms with Crippen LogP contribution in [0.2, 0.25) is 0 Å². The van der Waals surface area contributed by atoms with Gasteiger partial charge >= 0.3 is 0 Å². The molecule has 0 saturated heterocycles. The number of fused-ring (bicyclic) bond motifs is 1. The fraction of sp³-hybridized carbons (Fsp3) is 0.407. The molecule has 0 atom stereocenters. The number of ether oxygens (including phenoxy) is 2. The second kappa shape index (κ2) is 12.0. The number of aromatic amines is 1. The zero-order valence-corrected chi connectivity index (χ0v) is 22.3.